The second-order valence-corrected chi connectivity index (χ2v) is 6.61. The summed E-state index contributed by atoms with van der Waals surface area (Å²) in [6.45, 7) is 1.47. The van der Waals surface area contributed by atoms with Crippen LogP contribution in [0, 0.1) is 0 Å². The molecule has 2 aromatic heterocycles. The molecule has 4 rings (SSSR count). The van der Waals surface area contributed by atoms with E-state index in [1.807, 2.05) is 48.3 Å². The highest BCUT2D eigenvalue weighted by Gasteiger charge is 2.18. The van der Waals surface area contributed by atoms with Crippen LogP contribution in [0.4, 0.5) is 0 Å². The molecule has 0 saturated carbocycles. The third-order valence-corrected chi connectivity index (χ3v) is 4.64. The molecule has 3 heterocycles. The quantitative estimate of drug-likeness (QED) is 0.731. The van der Waals surface area contributed by atoms with Crippen molar-refractivity contribution in [2.24, 2.45) is 7.05 Å². The van der Waals surface area contributed by atoms with Crippen LogP contribution in [0.15, 0.2) is 42.9 Å². The number of aryl methyl sites for hydroxylation is 1. The number of rotatable bonds is 5. The number of ether oxygens (including phenoxy) is 2. The van der Waals surface area contributed by atoms with Gasteiger partial charge in [-0.3, -0.25) is 9.48 Å². The molecule has 0 aliphatic carbocycles. The lowest BCUT2D eigenvalue weighted by Crippen LogP contribution is -2.26. The maximum atomic E-state index is 12.6. The summed E-state index contributed by atoms with van der Waals surface area (Å²) in [6.07, 6.45) is 5.96. The van der Waals surface area contributed by atoms with Crippen LogP contribution >= 0.6 is 11.6 Å². The highest BCUT2D eigenvalue weighted by atomic mass is 35.5. The summed E-state index contributed by atoms with van der Waals surface area (Å²) in [5, 5.41) is 7.67. The topological polar surface area (TPSA) is 70.3 Å². The van der Waals surface area contributed by atoms with Crippen molar-refractivity contribution in [3.8, 4) is 17.3 Å². The fourth-order valence-corrected chi connectivity index (χ4v) is 3.39. The van der Waals surface area contributed by atoms with E-state index < -0.39 is 0 Å². The van der Waals surface area contributed by atoms with E-state index in [2.05, 4.69) is 10.4 Å². The summed E-state index contributed by atoms with van der Waals surface area (Å²) in [7, 11) is 1.81. The van der Waals surface area contributed by atoms with E-state index in [0.717, 1.165) is 11.4 Å². The number of carbonyl (C=O) groups excluding carboxylic acids is 1. The van der Waals surface area contributed by atoms with Gasteiger partial charge in [0.2, 0.25) is 0 Å². The van der Waals surface area contributed by atoms with Crippen LogP contribution in [0.5, 0.6) is 11.5 Å². The zero-order valence-corrected chi connectivity index (χ0v) is 15.6. The fourth-order valence-electron chi connectivity index (χ4n) is 3.10. The first kappa shape index (κ1) is 17.5. The van der Waals surface area contributed by atoms with Crippen molar-refractivity contribution in [3.63, 3.8) is 0 Å². The molecule has 0 atom stereocenters. The maximum absolute atomic E-state index is 12.6. The van der Waals surface area contributed by atoms with Crippen molar-refractivity contribution in [3.05, 3.63) is 59.0 Å². The number of hydrogen-bond donors (Lipinski definition) is 1. The summed E-state index contributed by atoms with van der Waals surface area (Å²) in [5.74, 6) is 1.79. The van der Waals surface area contributed by atoms with Gasteiger partial charge in [0.1, 0.15) is 24.6 Å². The SMILES string of the molecule is Cn1ncc(C(=O)NCCc2cc(Cl)c3c(c2)OCCO3)c1-n1cccc1. The molecule has 1 aliphatic rings. The van der Waals surface area contributed by atoms with Crippen LogP contribution in [0.25, 0.3) is 5.82 Å². The zero-order chi connectivity index (χ0) is 18.8. The smallest absolute Gasteiger partial charge is 0.256 e. The molecule has 1 N–H and O–H groups in total. The van der Waals surface area contributed by atoms with Crippen molar-refractivity contribution >= 4 is 17.5 Å². The van der Waals surface area contributed by atoms with Gasteiger partial charge >= 0.3 is 0 Å². The molecule has 140 valence electrons. The first-order valence-electron chi connectivity index (χ1n) is 8.65. The Balaban J connectivity index is 1.43. The summed E-state index contributed by atoms with van der Waals surface area (Å²) in [6, 6.07) is 7.55. The highest BCUT2D eigenvalue weighted by Crippen LogP contribution is 2.38. The lowest BCUT2D eigenvalue weighted by Gasteiger charge is -2.20. The Morgan fingerprint density at radius 1 is 1.26 bits per heavy atom. The molecule has 0 radical (unpaired) electrons. The average molecular weight is 387 g/mol. The molecule has 0 fully saturated rings. The maximum Gasteiger partial charge on any atom is 0.256 e. The molecule has 7 nitrogen and oxygen atoms in total. The molecule has 27 heavy (non-hydrogen) atoms. The second kappa shape index (κ2) is 7.36. The highest BCUT2D eigenvalue weighted by molar-refractivity contribution is 6.32. The zero-order valence-electron chi connectivity index (χ0n) is 14.8. The molecular weight excluding hydrogens is 368 g/mol. The summed E-state index contributed by atoms with van der Waals surface area (Å²) in [5.41, 5.74) is 1.50. The largest absolute Gasteiger partial charge is 0.486 e. The number of fused-ring (bicyclic) bond motifs is 1. The molecule has 0 unspecified atom stereocenters. The van der Waals surface area contributed by atoms with Crippen LogP contribution in [0.1, 0.15) is 15.9 Å². The number of nitrogens with one attached hydrogen (secondary N) is 1. The van der Waals surface area contributed by atoms with Gasteiger partial charge in [-0.15, -0.1) is 0 Å². The second-order valence-electron chi connectivity index (χ2n) is 6.20. The Morgan fingerprint density at radius 3 is 2.85 bits per heavy atom. The van der Waals surface area contributed by atoms with Gasteiger partial charge in [-0.2, -0.15) is 5.10 Å². The lowest BCUT2D eigenvalue weighted by molar-refractivity contribution is 0.0954. The van der Waals surface area contributed by atoms with Gasteiger partial charge < -0.3 is 19.4 Å². The monoisotopic (exact) mass is 386 g/mol. The van der Waals surface area contributed by atoms with Crippen LogP contribution in [0.2, 0.25) is 5.02 Å². The van der Waals surface area contributed by atoms with Crippen molar-refractivity contribution in [2.45, 2.75) is 6.42 Å². The van der Waals surface area contributed by atoms with Crippen LogP contribution in [0.3, 0.4) is 0 Å². The summed E-state index contributed by atoms with van der Waals surface area (Å²) < 4.78 is 14.7. The molecule has 1 aromatic carbocycles. The van der Waals surface area contributed by atoms with Crippen LogP contribution < -0.4 is 14.8 Å². The van der Waals surface area contributed by atoms with Crippen molar-refractivity contribution < 1.29 is 14.3 Å². The molecule has 0 bridgehead atoms. The molecule has 3 aromatic rings. The van der Waals surface area contributed by atoms with Gasteiger partial charge in [0.15, 0.2) is 11.5 Å². The Hall–Kier alpha value is -2.93. The third-order valence-electron chi connectivity index (χ3n) is 4.36. The van der Waals surface area contributed by atoms with E-state index in [4.69, 9.17) is 21.1 Å². The van der Waals surface area contributed by atoms with Gasteiger partial charge in [0.25, 0.3) is 5.91 Å². The summed E-state index contributed by atoms with van der Waals surface area (Å²) in [4.78, 5) is 12.6. The van der Waals surface area contributed by atoms with E-state index in [9.17, 15) is 4.79 Å². The van der Waals surface area contributed by atoms with E-state index in [-0.39, 0.29) is 5.91 Å². The molecule has 0 spiro atoms. The normalized spacial score (nSPS) is 12.8. The standard InChI is InChI=1S/C19H19ClN4O3/c1-23-19(24-6-2-3-7-24)14(12-22-23)18(25)21-5-4-13-10-15(20)17-16(11-13)26-8-9-27-17/h2-3,6-7,10-12H,4-5,8-9H2,1H3,(H,21,25). The minimum Gasteiger partial charge on any atom is -0.486 e. The Labute approximate surface area is 161 Å². The predicted octanol–water partition coefficient (Wildman–Crippen LogP) is 2.61. The predicted molar refractivity (Wildman–Crippen MR) is 101 cm³/mol. The van der Waals surface area contributed by atoms with Gasteiger partial charge in [-0.05, 0) is 36.2 Å². The number of halogens is 1. The number of aromatic nitrogens is 3. The first-order valence-corrected chi connectivity index (χ1v) is 9.03. The number of amides is 1. The third kappa shape index (κ3) is 3.50. The number of nitrogens with zero attached hydrogens (tertiary/aromatic N) is 3. The van der Waals surface area contributed by atoms with E-state index in [0.29, 0.717) is 48.3 Å². The molecular formula is C19H19ClN4O3. The molecule has 0 saturated heterocycles. The Bertz CT molecular complexity index is 966. The van der Waals surface area contributed by atoms with E-state index in [1.165, 1.54) is 0 Å². The average Bonchev–Trinajstić information content (AvgIpc) is 3.31. The van der Waals surface area contributed by atoms with Crippen molar-refractivity contribution in [1.29, 1.82) is 0 Å². The van der Waals surface area contributed by atoms with Gasteiger partial charge in [-0.25, -0.2) is 0 Å². The first-order chi connectivity index (χ1) is 13.1. The minimum atomic E-state index is -0.171. The fraction of sp³-hybridized carbons (Fsp3) is 0.263. The van der Waals surface area contributed by atoms with Gasteiger partial charge in [0, 0.05) is 26.0 Å². The van der Waals surface area contributed by atoms with Gasteiger partial charge in [0.05, 0.1) is 11.2 Å². The molecule has 1 aliphatic heterocycles. The number of hydrogen-bond acceptors (Lipinski definition) is 4. The van der Waals surface area contributed by atoms with Crippen LogP contribution in [-0.2, 0) is 13.5 Å². The molecule has 1 amide bonds. The number of benzene rings is 1. The van der Waals surface area contributed by atoms with Gasteiger partial charge in [-0.1, -0.05) is 11.6 Å². The van der Waals surface area contributed by atoms with E-state index >= 15 is 0 Å². The Morgan fingerprint density at radius 2 is 2.04 bits per heavy atom. The van der Waals surface area contributed by atoms with Crippen molar-refractivity contribution in [2.75, 3.05) is 19.8 Å². The number of carbonyl (C=O) groups is 1. The lowest BCUT2D eigenvalue weighted by atomic mass is 10.1. The van der Waals surface area contributed by atoms with Crippen LogP contribution in [-0.4, -0.2) is 40.0 Å². The van der Waals surface area contributed by atoms with E-state index in [1.54, 1.807) is 10.9 Å². The van der Waals surface area contributed by atoms with Crippen molar-refractivity contribution in [1.82, 2.24) is 19.7 Å². The summed E-state index contributed by atoms with van der Waals surface area (Å²) >= 11 is 6.26. The Kier molecular flexibility index (Phi) is 4.77. The molecule has 8 heteroatoms. The minimum absolute atomic E-state index is 0.171.